The zero-order chi connectivity index (χ0) is 9.83. The minimum absolute atomic E-state index is 1.11. The second-order valence-corrected chi connectivity index (χ2v) is 6.82. The van der Waals surface area contributed by atoms with Gasteiger partial charge in [0.15, 0.2) is 0 Å². The Bertz CT molecular complexity index is 226. The van der Waals surface area contributed by atoms with Gasteiger partial charge in [-0.15, -0.1) is 0 Å². The molecule has 1 N–H and O–H groups in total. The van der Waals surface area contributed by atoms with Crippen molar-refractivity contribution < 1.29 is 4.90 Å². The van der Waals surface area contributed by atoms with Crippen molar-refractivity contribution in [1.82, 2.24) is 0 Å². The van der Waals surface area contributed by atoms with Crippen molar-refractivity contribution in [2.75, 3.05) is 13.1 Å². The molecule has 4 saturated carbocycles. The van der Waals surface area contributed by atoms with Gasteiger partial charge in [0.25, 0.3) is 0 Å². The first-order chi connectivity index (χ1) is 7.40. The third kappa shape index (κ3) is 1.32. The molecule has 0 amide bonds. The van der Waals surface area contributed by atoms with Gasteiger partial charge in [-0.2, -0.15) is 0 Å². The molecule has 1 heterocycles. The largest absolute Gasteiger partial charge is 0.332 e. The molecule has 0 aromatic heterocycles. The predicted octanol–water partition coefficient (Wildman–Crippen LogP) is 1.49. The molecule has 4 bridgehead atoms. The first-order valence-corrected chi connectivity index (χ1v) is 7.24. The minimum Gasteiger partial charge on any atom is -0.332 e. The highest BCUT2D eigenvalue weighted by atomic mass is 15.2. The highest BCUT2D eigenvalue weighted by molar-refractivity contribution is 4.98. The summed E-state index contributed by atoms with van der Waals surface area (Å²) in [7, 11) is 0. The molecule has 1 saturated heterocycles. The Hall–Kier alpha value is -0.0400. The van der Waals surface area contributed by atoms with Gasteiger partial charge >= 0.3 is 0 Å². The van der Waals surface area contributed by atoms with Gasteiger partial charge in [-0.25, -0.2) is 0 Å². The van der Waals surface area contributed by atoms with E-state index < -0.39 is 0 Å². The van der Waals surface area contributed by atoms with Crippen molar-refractivity contribution in [3.63, 3.8) is 0 Å². The number of nitrogens with one attached hydrogen (secondary N) is 1. The van der Waals surface area contributed by atoms with Crippen LogP contribution >= 0.6 is 0 Å². The summed E-state index contributed by atoms with van der Waals surface area (Å²) >= 11 is 0. The molecule has 0 aromatic carbocycles. The number of quaternary nitrogens is 1. The maximum absolute atomic E-state index is 2.02. The average Bonchev–Trinajstić information content (AvgIpc) is 2.69. The van der Waals surface area contributed by atoms with E-state index in [9.17, 15) is 0 Å². The van der Waals surface area contributed by atoms with Crippen molar-refractivity contribution >= 4 is 0 Å². The van der Waals surface area contributed by atoms with Crippen LogP contribution in [0.3, 0.4) is 0 Å². The highest BCUT2D eigenvalue weighted by Gasteiger charge is 2.52. The molecular formula is C14H24N+. The van der Waals surface area contributed by atoms with Crippen LogP contribution in [0.4, 0.5) is 0 Å². The van der Waals surface area contributed by atoms with E-state index in [4.69, 9.17) is 0 Å². The molecule has 0 aromatic rings. The van der Waals surface area contributed by atoms with Crippen LogP contribution in [0, 0.1) is 23.7 Å². The molecular weight excluding hydrogens is 182 g/mol. The Morgan fingerprint density at radius 3 is 1.73 bits per heavy atom. The van der Waals surface area contributed by atoms with Gasteiger partial charge in [0.05, 0.1) is 19.1 Å². The smallest absolute Gasteiger partial charge is 0.0931 e. The lowest BCUT2D eigenvalue weighted by Crippen LogP contribution is -3.16. The monoisotopic (exact) mass is 206 g/mol. The molecule has 1 heteroatoms. The predicted molar refractivity (Wildman–Crippen MR) is 60.8 cm³/mol. The first-order valence-electron chi connectivity index (χ1n) is 7.24. The van der Waals surface area contributed by atoms with Gasteiger partial charge in [-0.05, 0) is 43.9 Å². The number of rotatable bonds is 1. The lowest BCUT2D eigenvalue weighted by Gasteiger charge is -2.54. The zero-order valence-corrected chi connectivity index (χ0v) is 9.75. The third-order valence-corrected chi connectivity index (χ3v) is 5.94. The summed E-state index contributed by atoms with van der Waals surface area (Å²) in [5.74, 6) is 4.61. The number of hydrogen-bond acceptors (Lipinski definition) is 0. The van der Waals surface area contributed by atoms with E-state index in [1.54, 1.807) is 32.1 Å². The van der Waals surface area contributed by atoms with Gasteiger partial charge in [-0.1, -0.05) is 0 Å². The highest BCUT2D eigenvalue weighted by Crippen LogP contribution is 2.53. The first kappa shape index (κ1) is 9.04. The molecule has 0 unspecified atom stereocenters. The maximum Gasteiger partial charge on any atom is 0.0931 e. The van der Waals surface area contributed by atoms with E-state index in [1.807, 2.05) is 4.90 Å². The van der Waals surface area contributed by atoms with Crippen molar-refractivity contribution in [3.8, 4) is 0 Å². The molecule has 1 nitrogen and oxygen atoms in total. The fourth-order valence-corrected chi connectivity index (χ4v) is 5.75. The van der Waals surface area contributed by atoms with Gasteiger partial charge in [0.2, 0.25) is 0 Å². The van der Waals surface area contributed by atoms with Crippen LogP contribution in [0.5, 0.6) is 0 Å². The summed E-state index contributed by atoms with van der Waals surface area (Å²) in [6.45, 7) is 3.01. The third-order valence-electron chi connectivity index (χ3n) is 5.94. The topological polar surface area (TPSA) is 4.44 Å². The second-order valence-electron chi connectivity index (χ2n) is 6.82. The molecule has 15 heavy (non-hydrogen) atoms. The van der Waals surface area contributed by atoms with Gasteiger partial charge in [0.1, 0.15) is 0 Å². The summed E-state index contributed by atoms with van der Waals surface area (Å²) < 4.78 is 0. The average molecular weight is 206 g/mol. The zero-order valence-electron chi connectivity index (χ0n) is 9.75. The van der Waals surface area contributed by atoms with E-state index in [2.05, 4.69) is 0 Å². The van der Waals surface area contributed by atoms with Gasteiger partial charge < -0.3 is 4.90 Å². The lowest BCUT2D eigenvalue weighted by atomic mass is 9.54. The van der Waals surface area contributed by atoms with Crippen LogP contribution in [0.2, 0.25) is 0 Å². The van der Waals surface area contributed by atoms with E-state index in [-0.39, 0.29) is 0 Å². The van der Waals surface area contributed by atoms with E-state index in [1.165, 1.54) is 25.9 Å². The van der Waals surface area contributed by atoms with Crippen LogP contribution in [0.15, 0.2) is 0 Å². The summed E-state index contributed by atoms with van der Waals surface area (Å²) in [5, 5.41) is 0. The molecule has 84 valence electrons. The summed E-state index contributed by atoms with van der Waals surface area (Å²) in [4.78, 5) is 2.02. The Morgan fingerprint density at radius 1 is 0.667 bits per heavy atom. The fourth-order valence-electron chi connectivity index (χ4n) is 5.75. The standard InChI is InChI=1S/C14H23N/c1-2-4-15(3-1)14-12-6-10-5-11(8-12)9-13(14)7-10/h10-14H,1-9H2/p+1. The maximum atomic E-state index is 2.02. The molecule has 0 radical (unpaired) electrons. The van der Waals surface area contributed by atoms with Crippen LogP contribution in [-0.4, -0.2) is 19.1 Å². The van der Waals surface area contributed by atoms with E-state index in [0.717, 1.165) is 29.7 Å². The summed E-state index contributed by atoms with van der Waals surface area (Å²) in [6.07, 6.45) is 11.1. The van der Waals surface area contributed by atoms with Crippen LogP contribution in [0.1, 0.15) is 44.9 Å². The second kappa shape index (κ2) is 3.23. The van der Waals surface area contributed by atoms with Gasteiger partial charge in [-0.3, -0.25) is 0 Å². The summed E-state index contributed by atoms with van der Waals surface area (Å²) in [5.41, 5.74) is 0. The van der Waals surface area contributed by atoms with Gasteiger partial charge in [0, 0.05) is 24.7 Å². The molecule has 5 fully saturated rings. The molecule has 0 atom stereocenters. The Morgan fingerprint density at radius 2 is 1.20 bits per heavy atom. The van der Waals surface area contributed by atoms with Crippen molar-refractivity contribution in [1.29, 1.82) is 0 Å². The molecule has 0 spiro atoms. The summed E-state index contributed by atoms with van der Waals surface area (Å²) in [6, 6.07) is 1.11. The Balaban J connectivity index is 1.59. The number of likely N-dealkylation sites (tertiary alicyclic amines) is 1. The normalized spacial score (nSPS) is 54.0. The molecule has 5 aliphatic rings. The molecule has 1 aliphatic heterocycles. The van der Waals surface area contributed by atoms with Crippen molar-refractivity contribution in [2.24, 2.45) is 23.7 Å². The quantitative estimate of drug-likeness (QED) is 0.663. The van der Waals surface area contributed by atoms with Crippen molar-refractivity contribution in [2.45, 2.75) is 51.0 Å². The van der Waals surface area contributed by atoms with Crippen LogP contribution in [0.25, 0.3) is 0 Å². The molecule has 4 aliphatic carbocycles. The van der Waals surface area contributed by atoms with E-state index in [0.29, 0.717) is 0 Å². The minimum atomic E-state index is 1.11. The lowest BCUT2D eigenvalue weighted by molar-refractivity contribution is -0.924. The van der Waals surface area contributed by atoms with Crippen molar-refractivity contribution in [3.05, 3.63) is 0 Å². The van der Waals surface area contributed by atoms with E-state index >= 15 is 0 Å². The Labute approximate surface area is 93.2 Å². The molecule has 5 rings (SSSR count). The van der Waals surface area contributed by atoms with Crippen LogP contribution in [-0.2, 0) is 0 Å². The SMILES string of the molecule is C1CC[NH+](C2C3CC4CC(C3)CC2C4)C1. The number of hydrogen-bond donors (Lipinski definition) is 1. The fraction of sp³-hybridized carbons (Fsp3) is 1.00. The Kier molecular flexibility index (Phi) is 1.94. The van der Waals surface area contributed by atoms with Crippen LogP contribution < -0.4 is 4.90 Å².